The lowest BCUT2D eigenvalue weighted by molar-refractivity contribution is -0.130. The van der Waals surface area contributed by atoms with Gasteiger partial charge in [-0.2, -0.15) is 0 Å². The third-order valence-corrected chi connectivity index (χ3v) is 2.13. The Morgan fingerprint density at radius 3 is 2.75 bits per heavy atom. The van der Waals surface area contributed by atoms with Crippen LogP contribution in [0.1, 0.15) is 19.8 Å². The number of hydrogen-bond donors (Lipinski definition) is 0. The summed E-state index contributed by atoms with van der Waals surface area (Å²) < 4.78 is 10.2. The van der Waals surface area contributed by atoms with Crippen LogP contribution < -0.4 is 0 Å². The van der Waals surface area contributed by atoms with Crippen molar-refractivity contribution in [3.63, 3.8) is 0 Å². The number of ether oxygens (including phenoxy) is 2. The molecule has 0 radical (unpaired) electrons. The molecule has 0 aliphatic carbocycles. The number of ketones is 1. The molecule has 1 saturated heterocycles. The van der Waals surface area contributed by atoms with Gasteiger partial charge in [-0.15, -0.1) is 0 Å². The normalized spacial score (nSPS) is 19.4. The van der Waals surface area contributed by atoms with E-state index in [0.717, 1.165) is 26.1 Å². The molecule has 70 valence electrons. The van der Waals surface area contributed by atoms with E-state index in [-0.39, 0.29) is 18.3 Å². The predicted molar refractivity (Wildman–Crippen MR) is 45.0 cm³/mol. The Balaban J connectivity index is 2.20. The van der Waals surface area contributed by atoms with Crippen molar-refractivity contribution in [3.05, 3.63) is 0 Å². The molecule has 1 aliphatic rings. The van der Waals surface area contributed by atoms with Crippen molar-refractivity contribution in [1.82, 2.24) is 0 Å². The third-order valence-electron chi connectivity index (χ3n) is 2.13. The molecule has 0 aromatic carbocycles. The summed E-state index contributed by atoms with van der Waals surface area (Å²) in [6, 6.07) is 0. The summed E-state index contributed by atoms with van der Waals surface area (Å²) in [5.41, 5.74) is 0. The molecule has 3 nitrogen and oxygen atoms in total. The average molecular weight is 172 g/mol. The monoisotopic (exact) mass is 172 g/mol. The smallest absolute Gasteiger partial charge is 0.161 e. The summed E-state index contributed by atoms with van der Waals surface area (Å²) in [5, 5.41) is 0. The van der Waals surface area contributed by atoms with Gasteiger partial charge in [0.05, 0.1) is 0 Å². The Morgan fingerprint density at radius 2 is 2.17 bits per heavy atom. The van der Waals surface area contributed by atoms with Gasteiger partial charge in [-0.1, -0.05) is 0 Å². The van der Waals surface area contributed by atoms with Gasteiger partial charge in [0.15, 0.2) is 5.78 Å². The maximum absolute atomic E-state index is 11.4. The second-order valence-electron chi connectivity index (χ2n) is 2.99. The van der Waals surface area contributed by atoms with E-state index in [2.05, 4.69) is 0 Å². The highest BCUT2D eigenvalue weighted by molar-refractivity contribution is 5.82. The van der Waals surface area contributed by atoms with Crippen LogP contribution in [-0.4, -0.2) is 32.2 Å². The summed E-state index contributed by atoms with van der Waals surface area (Å²) >= 11 is 0. The van der Waals surface area contributed by atoms with E-state index in [9.17, 15) is 4.79 Å². The number of rotatable bonds is 4. The minimum absolute atomic E-state index is 0.185. The number of hydrogen-bond acceptors (Lipinski definition) is 3. The van der Waals surface area contributed by atoms with Gasteiger partial charge in [0.25, 0.3) is 0 Å². The zero-order valence-electron chi connectivity index (χ0n) is 7.54. The van der Waals surface area contributed by atoms with Crippen molar-refractivity contribution in [3.8, 4) is 0 Å². The van der Waals surface area contributed by atoms with Gasteiger partial charge in [-0.25, -0.2) is 0 Å². The van der Waals surface area contributed by atoms with Crippen LogP contribution in [0.3, 0.4) is 0 Å². The lowest BCUT2D eigenvalue weighted by Crippen LogP contribution is -2.26. The Kier molecular flexibility index (Phi) is 4.25. The van der Waals surface area contributed by atoms with Crippen molar-refractivity contribution < 1.29 is 14.3 Å². The number of carbonyl (C=O) groups excluding carboxylic acids is 1. The van der Waals surface area contributed by atoms with Crippen LogP contribution in [0.4, 0.5) is 0 Å². The first-order valence-corrected chi connectivity index (χ1v) is 4.52. The zero-order valence-corrected chi connectivity index (χ0v) is 7.54. The summed E-state index contributed by atoms with van der Waals surface area (Å²) in [4.78, 5) is 11.4. The second-order valence-corrected chi connectivity index (χ2v) is 2.99. The average Bonchev–Trinajstić information content (AvgIpc) is 2.15. The van der Waals surface area contributed by atoms with E-state index in [1.807, 2.05) is 6.92 Å². The minimum Gasteiger partial charge on any atom is -0.381 e. The van der Waals surface area contributed by atoms with Crippen molar-refractivity contribution in [2.75, 3.05) is 26.4 Å². The highest BCUT2D eigenvalue weighted by atomic mass is 16.5. The van der Waals surface area contributed by atoms with E-state index in [1.165, 1.54) is 0 Å². The standard InChI is InChI=1S/C9H16O3/c1-2-11-7-9(10)8-3-5-12-6-4-8/h8H,2-7H2,1H3. The number of carbonyl (C=O) groups is 1. The SMILES string of the molecule is CCOCC(=O)C1CCOCC1. The van der Waals surface area contributed by atoms with Gasteiger partial charge < -0.3 is 9.47 Å². The first-order chi connectivity index (χ1) is 5.84. The summed E-state index contributed by atoms with van der Waals surface area (Å²) in [7, 11) is 0. The van der Waals surface area contributed by atoms with Crippen LogP contribution in [-0.2, 0) is 14.3 Å². The lowest BCUT2D eigenvalue weighted by atomic mass is 9.96. The molecule has 0 N–H and O–H groups in total. The molecule has 1 aliphatic heterocycles. The Morgan fingerprint density at radius 1 is 1.50 bits per heavy atom. The molecule has 0 spiro atoms. The van der Waals surface area contributed by atoms with Gasteiger partial charge in [-0.05, 0) is 19.8 Å². The van der Waals surface area contributed by atoms with Crippen LogP contribution >= 0.6 is 0 Å². The minimum atomic E-state index is 0.185. The molecule has 0 aromatic heterocycles. The highest BCUT2D eigenvalue weighted by Crippen LogP contribution is 2.15. The van der Waals surface area contributed by atoms with Crippen LogP contribution in [0.5, 0.6) is 0 Å². The predicted octanol–water partition coefficient (Wildman–Crippen LogP) is 1.02. The molecule has 0 unspecified atom stereocenters. The quantitative estimate of drug-likeness (QED) is 0.635. The molecule has 0 saturated carbocycles. The first kappa shape index (κ1) is 9.68. The van der Waals surface area contributed by atoms with Gasteiger partial charge in [0.1, 0.15) is 6.61 Å². The fourth-order valence-corrected chi connectivity index (χ4v) is 1.34. The lowest BCUT2D eigenvalue weighted by Gasteiger charge is -2.20. The topological polar surface area (TPSA) is 35.5 Å². The van der Waals surface area contributed by atoms with Crippen molar-refractivity contribution >= 4 is 5.78 Å². The maximum Gasteiger partial charge on any atom is 0.161 e. The van der Waals surface area contributed by atoms with Crippen molar-refractivity contribution in [1.29, 1.82) is 0 Å². The molecule has 0 aromatic rings. The molecular formula is C9H16O3. The Labute approximate surface area is 73.0 Å². The van der Waals surface area contributed by atoms with Crippen LogP contribution in [0, 0.1) is 5.92 Å². The Bertz CT molecular complexity index is 139. The molecule has 12 heavy (non-hydrogen) atoms. The molecule has 1 rings (SSSR count). The van der Waals surface area contributed by atoms with Crippen molar-refractivity contribution in [2.45, 2.75) is 19.8 Å². The Hall–Kier alpha value is -0.410. The molecule has 3 heteroatoms. The number of Topliss-reactive ketones (excluding diaryl/α,β-unsaturated/α-hetero) is 1. The van der Waals surface area contributed by atoms with Crippen LogP contribution in [0.25, 0.3) is 0 Å². The van der Waals surface area contributed by atoms with Crippen LogP contribution in [0.15, 0.2) is 0 Å². The van der Waals surface area contributed by atoms with E-state index in [0.29, 0.717) is 6.61 Å². The van der Waals surface area contributed by atoms with E-state index in [4.69, 9.17) is 9.47 Å². The highest BCUT2D eigenvalue weighted by Gasteiger charge is 2.20. The van der Waals surface area contributed by atoms with Gasteiger partial charge in [-0.3, -0.25) is 4.79 Å². The molecule has 0 atom stereocenters. The largest absolute Gasteiger partial charge is 0.381 e. The fraction of sp³-hybridized carbons (Fsp3) is 0.889. The van der Waals surface area contributed by atoms with E-state index >= 15 is 0 Å². The summed E-state index contributed by atoms with van der Waals surface area (Å²) in [6.07, 6.45) is 1.73. The molecule has 0 amide bonds. The van der Waals surface area contributed by atoms with Gasteiger partial charge >= 0.3 is 0 Å². The summed E-state index contributed by atoms with van der Waals surface area (Å²) in [6.45, 7) is 4.25. The molecular weight excluding hydrogens is 156 g/mol. The fourth-order valence-electron chi connectivity index (χ4n) is 1.34. The summed E-state index contributed by atoms with van der Waals surface area (Å²) in [5.74, 6) is 0.422. The first-order valence-electron chi connectivity index (χ1n) is 4.52. The van der Waals surface area contributed by atoms with Gasteiger partial charge in [0, 0.05) is 25.7 Å². The second kappa shape index (κ2) is 5.27. The van der Waals surface area contributed by atoms with Crippen molar-refractivity contribution in [2.24, 2.45) is 5.92 Å². The zero-order chi connectivity index (χ0) is 8.81. The molecule has 0 bridgehead atoms. The maximum atomic E-state index is 11.4. The molecule has 1 heterocycles. The van der Waals surface area contributed by atoms with E-state index in [1.54, 1.807) is 0 Å². The molecule has 1 fully saturated rings. The van der Waals surface area contributed by atoms with E-state index < -0.39 is 0 Å². The van der Waals surface area contributed by atoms with Gasteiger partial charge in [0.2, 0.25) is 0 Å². The third kappa shape index (κ3) is 2.91. The van der Waals surface area contributed by atoms with Crippen LogP contribution in [0.2, 0.25) is 0 Å².